The molecule has 0 radical (unpaired) electrons. The number of aryl methyl sites for hydroxylation is 2. The Hall–Kier alpha value is -2.87. The van der Waals surface area contributed by atoms with E-state index in [2.05, 4.69) is 16.4 Å². The van der Waals surface area contributed by atoms with Crippen LogP contribution in [-0.4, -0.2) is 16.1 Å². The topological polar surface area (TPSA) is 86.0 Å². The molecule has 1 aromatic carbocycles. The highest BCUT2D eigenvalue weighted by Gasteiger charge is 2.15. The van der Waals surface area contributed by atoms with Crippen molar-refractivity contribution in [1.82, 2.24) is 4.98 Å². The molecule has 0 saturated carbocycles. The average molecular weight is 281 g/mol. The summed E-state index contributed by atoms with van der Waals surface area (Å²) in [7, 11) is 0. The van der Waals surface area contributed by atoms with Crippen LogP contribution in [0.15, 0.2) is 30.3 Å². The Bertz CT molecular complexity index is 716. The molecule has 2 aromatic rings. The van der Waals surface area contributed by atoms with Crippen molar-refractivity contribution in [3.05, 3.63) is 58.3 Å². The lowest BCUT2D eigenvalue weighted by molar-refractivity contribution is 0.0697. The van der Waals surface area contributed by atoms with Crippen molar-refractivity contribution in [3.63, 3.8) is 0 Å². The largest absolute Gasteiger partial charge is 0.478 e. The van der Waals surface area contributed by atoms with Gasteiger partial charge < -0.3 is 10.4 Å². The van der Waals surface area contributed by atoms with Gasteiger partial charge in [-0.1, -0.05) is 12.1 Å². The highest BCUT2D eigenvalue weighted by Crippen LogP contribution is 2.19. The summed E-state index contributed by atoms with van der Waals surface area (Å²) in [5, 5.41) is 21.1. The van der Waals surface area contributed by atoms with Crippen LogP contribution in [0.2, 0.25) is 0 Å². The van der Waals surface area contributed by atoms with Crippen LogP contribution < -0.4 is 5.32 Å². The summed E-state index contributed by atoms with van der Waals surface area (Å²) in [6.07, 6.45) is 0. The number of pyridine rings is 1. The maximum Gasteiger partial charge on any atom is 0.339 e. The van der Waals surface area contributed by atoms with E-state index < -0.39 is 5.97 Å². The molecule has 0 unspecified atom stereocenters. The second-order valence-corrected chi connectivity index (χ2v) is 4.77. The number of nitrogens with one attached hydrogen (secondary N) is 1. The zero-order chi connectivity index (χ0) is 15.4. The van der Waals surface area contributed by atoms with Gasteiger partial charge in [0.05, 0.1) is 11.6 Å². The molecule has 0 spiro atoms. The quantitative estimate of drug-likeness (QED) is 0.900. The lowest BCUT2D eigenvalue weighted by Gasteiger charge is -2.12. The SMILES string of the molecule is Cc1cc(C)c(C(=O)O)c(NCc2ccc(C#N)cc2)n1. The molecule has 5 heteroatoms. The van der Waals surface area contributed by atoms with Gasteiger partial charge in [0, 0.05) is 12.2 Å². The Kier molecular flexibility index (Phi) is 4.19. The van der Waals surface area contributed by atoms with E-state index in [1.54, 1.807) is 25.1 Å². The number of hydrogen-bond acceptors (Lipinski definition) is 4. The summed E-state index contributed by atoms with van der Waals surface area (Å²) < 4.78 is 0. The molecule has 106 valence electrons. The molecule has 2 N–H and O–H groups in total. The first-order chi connectivity index (χ1) is 10.0. The minimum absolute atomic E-state index is 0.189. The molecule has 21 heavy (non-hydrogen) atoms. The molecule has 0 fully saturated rings. The molecule has 0 bridgehead atoms. The van der Waals surface area contributed by atoms with Crippen molar-refractivity contribution in [2.75, 3.05) is 5.32 Å². The Labute approximate surface area is 122 Å². The molecule has 0 aliphatic heterocycles. The van der Waals surface area contributed by atoms with Crippen molar-refractivity contribution in [2.45, 2.75) is 20.4 Å². The lowest BCUT2D eigenvalue weighted by atomic mass is 10.1. The van der Waals surface area contributed by atoms with Gasteiger partial charge in [-0.3, -0.25) is 0 Å². The van der Waals surface area contributed by atoms with Crippen molar-refractivity contribution < 1.29 is 9.90 Å². The zero-order valence-corrected chi connectivity index (χ0v) is 11.8. The lowest BCUT2D eigenvalue weighted by Crippen LogP contribution is -2.11. The monoisotopic (exact) mass is 281 g/mol. The molecule has 2 rings (SSSR count). The molecule has 0 amide bonds. The van der Waals surface area contributed by atoms with Gasteiger partial charge in [0.15, 0.2) is 0 Å². The molecule has 1 heterocycles. The predicted molar refractivity (Wildman–Crippen MR) is 79.2 cm³/mol. The predicted octanol–water partition coefficient (Wildman–Crippen LogP) is 2.88. The molecular formula is C16H15N3O2. The fourth-order valence-corrected chi connectivity index (χ4v) is 2.12. The standard InChI is InChI=1S/C16H15N3O2/c1-10-7-11(2)19-15(14(10)16(20)21)18-9-13-5-3-12(8-17)4-6-13/h3-7H,9H2,1-2H3,(H,18,19)(H,20,21). The maximum atomic E-state index is 11.3. The third-order valence-corrected chi connectivity index (χ3v) is 3.10. The number of aromatic carboxylic acids is 1. The molecule has 1 aromatic heterocycles. The number of nitriles is 1. The highest BCUT2D eigenvalue weighted by atomic mass is 16.4. The van der Waals surface area contributed by atoms with E-state index in [9.17, 15) is 9.90 Å². The molecular weight excluding hydrogens is 266 g/mol. The van der Waals surface area contributed by atoms with Gasteiger partial charge in [0.2, 0.25) is 0 Å². The first-order valence-electron chi connectivity index (χ1n) is 6.45. The second-order valence-electron chi connectivity index (χ2n) is 4.77. The number of aromatic nitrogens is 1. The summed E-state index contributed by atoms with van der Waals surface area (Å²) in [6, 6.07) is 10.9. The fraction of sp³-hybridized carbons (Fsp3) is 0.188. The normalized spacial score (nSPS) is 9.95. The summed E-state index contributed by atoms with van der Waals surface area (Å²) in [6.45, 7) is 4.03. The Morgan fingerprint density at radius 3 is 2.57 bits per heavy atom. The van der Waals surface area contributed by atoms with Gasteiger partial charge in [-0.2, -0.15) is 5.26 Å². The molecule has 5 nitrogen and oxygen atoms in total. The van der Waals surface area contributed by atoms with Gasteiger partial charge in [0.1, 0.15) is 11.4 Å². The van der Waals surface area contributed by atoms with Crippen LogP contribution >= 0.6 is 0 Å². The highest BCUT2D eigenvalue weighted by molar-refractivity contribution is 5.94. The van der Waals surface area contributed by atoms with Crippen LogP contribution in [0.1, 0.15) is 32.7 Å². The summed E-state index contributed by atoms with van der Waals surface area (Å²) in [5.74, 6) is -0.633. The third kappa shape index (κ3) is 3.37. The average Bonchev–Trinajstić information content (AvgIpc) is 2.44. The van der Waals surface area contributed by atoms with Gasteiger partial charge in [-0.15, -0.1) is 0 Å². The van der Waals surface area contributed by atoms with E-state index in [0.29, 0.717) is 23.5 Å². The fourth-order valence-electron chi connectivity index (χ4n) is 2.12. The zero-order valence-electron chi connectivity index (χ0n) is 11.8. The number of benzene rings is 1. The number of carboxylic acids is 1. The minimum Gasteiger partial charge on any atom is -0.478 e. The van der Waals surface area contributed by atoms with Crippen LogP contribution in [0.5, 0.6) is 0 Å². The Morgan fingerprint density at radius 1 is 1.33 bits per heavy atom. The van der Waals surface area contributed by atoms with Crippen molar-refractivity contribution in [3.8, 4) is 6.07 Å². The minimum atomic E-state index is -0.998. The van der Waals surface area contributed by atoms with Crippen molar-refractivity contribution >= 4 is 11.8 Å². The van der Waals surface area contributed by atoms with E-state index in [0.717, 1.165) is 11.3 Å². The number of rotatable bonds is 4. The van der Waals surface area contributed by atoms with Crippen LogP contribution in [0.3, 0.4) is 0 Å². The van der Waals surface area contributed by atoms with Gasteiger partial charge in [-0.25, -0.2) is 9.78 Å². The van der Waals surface area contributed by atoms with E-state index in [-0.39, 0.29) is 5.56 Å². The summed E-state index contributed by atoms with van der Waals surface area (Å²) in [5.41, 5.74) is 3.17. The van der Waals surface area contributed by atoms with Gasteiger partial charge in [0.25, 0.3) is 0 Å². The summed E-state index contributed by atoms with van der Waals surface area (Å²) in [4.78, 5) is 15.6. The first kappa shape index (κ1) is 14.5. The maximum absolute atomic E-state index is 11.3. The first-order valence-corrected chi connectivity index (χ1v) is 6.45. The van der Waals surface area contributed by atoms with E-state index in [4.69, 9.17) is 5.26 Å². The van der Waals surface area contributed by atoms with Gasteiger partial charge in [-0.05, 0) is 43.2 Å². The molecule has 0 saturated heterocycles. The third-order valence-electron chi connectivity index (χ3n) is 3.10. The molecule has 0 aliphatic carbocycles. The van der Waals surface area contributed by atoms with Gasteiger partial charge >= 0.3 is 5.97 Å². The van der Waals surface area contributed by atoms with Crippen molar-refractivity contribution in [2.24, 2.45) is 0 Å². The Morgan fingerprint density at radius 2 is 2.00 bits per heavy atom. The van der Waals surface area contributed by atoms with Crippen molar-refractivity contribution in [1.29, 1.82) is 5.26 Å². The second kappa shape index (κ2) is 6.06. The summed E-state index contributed by atoms with van der Waals surface area (Å²) >= 11 is 0. The van der Waals surface area contributed by atoms with E-state index >= 15 is 0 Å². The number of carboxylic acid groups (broad SMARTS) is 1. The van der Waals surface area contributed by atoms with Crippen LogP contribution in [0.4, 0.5) is 5.82 Å². The van der Waals surface area contributed by atoms with Crippen LogP contribution in [0, 0.1) is 25.2 Å². The Balaban J connectivity index is 2.23. The van der Waals surface area contributed by atoms with Crippen LogP contribution in [0.25, 0.3) is 0 Å². The number of carbonyl (C=O) groups is 1. The van der Waals surface area contributed by atoms with Crippen LogP contribution in [-0.2, 0) is 6.54 Å². The number of anilines is 1. The van der Waals surface area contributed by atoms with E-state index in [1.807, 2.05) is 19.1 Å². The number of nitrogens with zero attached hydrogens (tertiary/aromatic N) is 2. The number of hydrogen-bond donors (Lipinski definition) is 2. The molecule has 0 aliphatic rings. The molecule has 0 atom stereocenters. The smallest absolute Gasteiger partial charge is 0.339 e. The van der Waals surface area contributed by atoms with E-state index in [1.165, 1.54) is 0 Å².